The monoisotopic (exact) mass is 598 g/mol. The molecule has 0 aliphatic carbocycles. The van der Waals surface area contributed by atoms with Crippen molar-refractivity contribution in [2.24, 2.45) is 0 Å². The van der Waals surface area contributed by atoms with E-state index >= 15 is 0 Å². The molecule has 0 aromatic heterocycles. The van der Waals surface area contributed by atoms with Gasteiger partial charge in [0.1, 0.15) is 0 Å². The van der Waals surface area contributed by atoms with Gasteiger partial charge in [0.25, 0.3) is 0 Å². The van der Waals surface area contributed by atoms with E-state index in [0.29, 0.717) is 0 Å². The van der Waals surface area contributed by atoms with Crippen LogP contribution in [0.25, 0.3) is 43.4 Å². The number of nitrogens with one attached hydrogen (secondary N) is 2. The van der Waals surface area contributed by atoms with Crippen LogP contribution < -0.4 is 10.6 Å². The van der Waals surface area contributed by atoms with Gasteiger partial charge in [-0.15, -0.1) is 0 Å². The van der Waals surface area contributed by atoms with Crippen LogP contribution in [0.3, 0.4) is 0 Å². The lowest BCUT2D eigenvalue weighted by molar-refractivity contribution is 0.795. The zero-order valence-electron chi connectivity index (χ0n) is 26.9. The fourth-order valence-corrected chi connectivity index (χ4v) is 6.74. The first-order valence-corrected chi connectivity index (χ1v) is 16.9. The number of fused-ring (bicyclic) bond motifs is 4. The second-order valence-corrected chi connectivity index (χ2v) is 12.4. The molecule has 46 heavy (non-hydrogen) atoms. The zero-order valence-corrected chi connectivity index (χ0v) is 26.9. The highest BCUT2D eigenvalue weighted by molar-refractivity contribution is 6.25. The van der Waals surface area contributed by atoms with E-state index in [4.69, 9.17) is 0 Å². The van der Waals surface area contributed by atoms with Crippen molar-refractivity contribution in [3.8, 4) is 11.1 Å². The van der Waals surface area contributed by atoms with Gasteiger partial charge < -0.3 is 10.6 Å². The van der Waals surface area contributed by atoms with E-state index in [1.807, 2.05) is 0 Å². The van der Waals surface area contributed by atoms with Crippen molar-refractivity contribution >= 4 is 55.1 Å². The van der Waals surface area contributed by atoms with Gasteiger partial charge in [-0.25, -0.2) is 0 Å². The SMILES string of the molecule is CCCCc1ccc(Nc2c(Nc3ccc(CCCC)cc3)c3c(-c4cccc5ccccc45)cccc3c3ccccc23)cc1. The maximum absolute atomic E-state index is 3.95. The Morgan fingerprint density at radius 1 is 0.413 bits per heavy atom. The summed E-state index contributed by atoms with van der Waals surface area (Å²) in [6.45, 7) is 4.50. The maximum Gasteiger partial charge on any atom is 0.0716 e. The summed E-state index contributed by atoms with van der Waals surface area (Å²) in [5, 5.41) is 15.2. The number of unbranched alkanes of at least 4 members (excludes halogenated alkanes) is 2. The van der Waals surface area contributed by atoms with Crippen molar-refractivity contribution in [1.82, 2.24) is 0 Å². The minimum Gasteiger partial charge on any atom is -0.353 e. The Bertz CT molecular complexity index is 2100. The summed E-state index contributed by atoms with van der Waals surface area (Å²) in [4.78, 5) is 0. The lowest BCUT2D eigenvalue weighted by atomic mass is 9.89. The van der Waals surface area contributed by atoms with Crippen LogP contribution in [-0.2, 0) is 12.8 Å². The van der Waals surface area contributed by atoms with Crippen LogP contribution in [0.15, 0.2) is 133 Å². The van der Waals surface area contributed by atoms with E-state index < -0.39 is 0 Å². The van der Waals surface area contributed by atoms with Gasteiger partial charge >= 0.3 is 0 Å². The minimum atomic E-state index is 1.09. The molecule has 0 atom stereocenters. The van der Waals surface area contributed by atoms with Gasteiger partial charge in [-0.3, -0.25) is 0 Å². The van der Waals surface area contributed by atoms with Gasteiger partial charge in [-0.1, -0.05) is 136 Å². The highest BCUT2D eigenvalue weighted by Crippen LogP contribution is 2.47. The summed E-state index contributed by atoms with van der Waals surface area (Å²) in [5.74, 6) is 0. The Balaban J connectivity index is 1.47. The first-order valence-electron chi connectivity index (χ1n) is 16.9. The Kier molecular flexibility index (Phi) is 8.69. The van der Waals surface area contributed by atoms with E-state index in [-0.39, 0.29) is 0 Å². The average Bonchev–Trinajstić information content (AvgIpc) is 3.11. The van der Waals surface area contributed by atoms with E-state index in [1.54, 1.807) is 0 Å². The molecule has 7 rings (SSSR count). The molecule has 0 aliphatic heterocycles. The van der Waals surface area contributed by atoms with E-state index in [9.17, 15) is 0 Å². The summed E-state index contributed by atoms with van der Waals surface area (Å²) in [6, 6.07) is 48.9. The van der Waals surface area contributed by atoms with Crippen LogP contribution in [0, 0.1) is 0 Å². The smallest absolute Gasteiger partial charge is 0.0716 e. The summed E-state index contributed by atoms with van der Waals surface area (Å²) < 4.78 is 0. The number of benzene rings is 7. The third kappa shape index (κ3) is 5.96. The van der Waals surface area contributed by atoms with Crippen molar-refractivity contribution in [3.05, 3.63) is 145 Å². The number of hydrogen-bond acceptors (Lipinski definition) is 2. The topological polar surface area (TPSA) is 24.1 Å². The lowest BCUT2D eigenvalue weighted by Gasteiger charge is -2.23. The van der Waals surface area contributed by atoms with Crippen molar-refractivity contribution in [2.45, 2.75) is 52.4 Å². The highest BCUT2D eigenvalue weighted by Gasteiger charge is 2.19. The maximum atomic E-state index is 3.95. The lowest BCUT2D eigenvalue weighted by Crippen LogP contribution is -2.02. The normalized spacial score (nSPS) is 11.3. The number of aryl methyl sites for hydroxylation is 2. The van der Waals surface area contributed by atoms with Crippen LogP contribution in [0.4, 0.5) is 22.7 Å². The molecule has 0 spiro atoms. The first-order chi connectivity index (χ1) is 22.7. The molecule has 0 saturated heterocycles. The van der Waals surface area contributed by atoms with E-state index in [0.717, 1.165) is 35.6 Å². The molecule has 0 unspecified atom stereocenters. The highest BCUT2D eigenvalue weighted by atomic mass is 15.0. The molecule has 0 aliphatic rings. The van der Waals surface area contributed by atoms with E-state index in [2.05, 4.69) is 158 Å². The van der Waals surface area contributed by atoms with Crippen molar-refractivity contribution in [1.29, 1.82) is 0 Å². The Morgan fingerprint density at radius 2 is 0.913 bits per heavy atom. The molecule has 0 saturated carbocycles. The Morgan fingerprint density at radius 3 is 1.57 bits per heavy atom. The minimum absolute atomic E-state index is 1.09. The van der Waals surface area contributed by atoms with E-state index in [1.165, 1.54) is 80.3 Å². The fourth-order valence-electron chi connectivity index (χ4n) is 6.74. The standard InChI is InChI=1S/C44H42N2/c1-3-5-13-31-23-27-34(28-24-31)45-43-41-19-10-9-18-38(41)40-22-12-21-39(37-20-11-16-33-15-7-8-17-36(33)37)42(40)44(43)46-35-29-25-32(26-30-35)14-6-4-2/h7-12,15-30,45-46H,3-6,13-14H2,1-2H3. The molecule has 2 N–H and O–H groups in total. The molecular weight excluding hydrogens is 556 g/mol. The second-order valence-electron chi connectivity index (χ2n) is 12.4. The molecule has 0 heterocycles. The van der Waals surface area contributed by atoms with Crippen LogP contribution in [0.1, 0.15) is 50.7 Å². The van der Waals surface area contributed by atoms with Gasteiger partial charge in [0.2, 0.25) is 0 Å². The predicted octanol–water partition coefficient (Wildman–Crippen LogP) is 13.0. The summed E-state index contributed by atoms with van der Waals surface area (Å²) >= 11 is 0. The van der Waals surface area contributed by atoms with Crippen LogP contribution in [0.5, 0.6) is 0 Å². The second kappa shape index (κ2) is 13.5. The van der Waals surface area contributed by atoms with Crippen LogP contribution in [0.2, 0.25) is 0 Å². The van der Waals surface area contributed by atoms with Crippen LogP contribution in [-0.4, -0.2) is 0 Å². The molecule has 0 bridgehead atoms. The molecule has 2 heteroatoms. The van der Waals surface area contributed by atoms with Crippen molar-refractivity contribution in [2.75, 3.05) is 10.6 Å². The van der Waals surface area contributed by atoms with Crippen molar-refractivity contribution in [3.63, 3.8) is 0 Å². The molecular formula is C44H42N2. The molecule has 0 radical (unpaired) electrons. The summed E-state index contributed by atoms with van der Waals surface area (Å²) in [7, 11) is 0. The molecule has 0 fully saturated rings. The molecule has 7 aromatic carbocycles. The van der Waals surface area contributed by atoms with Gasteiger partial charge in [0, 0.05) is 22.1 Å². The predicted molar refractivity (Wildman–Crippen MR) is 201 cm³/mol. The molecule has 2 nitrogen and oxygen atoms in total. The van der Waals surface area contributed by atoms with Gasteiger partial charge in [-0.05, 0) is 93.7 Å². The number of rotatable bonds is 11. The Hall–Kier alpha value is -5.08. The van der Waals surface area contributed by atoms with Gasteiger partial charge in [0.15, 0.2) is 0 Å². The average molecular weight is 599 g/mol. The molecule has 7 aromatic rings. The molecule has 0 amide bonds. The van der Waals surface area contributed by atoms with Gasteiger partial charge in [-0.2, -0.15) is 0 Å². The number of hydrogen-bond donors (Lipinski definition) is 2. The van der Waals surface area contributed by atoms with Crippen molar-refractivity contribution < 1.29 is 0 Å². The Labute approximate surface area is 273 Å². The zero-order chi connectivity index (χ0) is 31.3. The summed E-state index contributed by atoms with van der Waals surface area (Å²) in [6.07, 6.45) is 7.06. The van der Waals surface area contributed by atoms with Crippen LogP contribution >= 0.6 is 0 Å². The largest absolute Gasteiger partial charge is 0.353 e. The first kappa shape index (κ1) is 29.6. The third-order valence-electron chi connectivity index (χ3n) is 9.22. The third-order valence-corrected chi connectivity index (χ3v) is 9.22. The fraction of sp³-hybridized carbons (Fsp3) is 0.182. The number of anilines is 4. The quantitative estimate of drug-likeness (QED) is 0.114. The summed E-state index contributed by atoms with van der Waals surface area (Å²) in [5.41, 5.74) is 9.58. The molecule has 228 valence electrons. The van der Waals surface area contributed by atoms with Gasteiger partial charge in [0.05, 0.1) is 11.4 Å².